The molecule has 0 radical (unpaired) electrons. The average Bonchev–Trinajstić information content (AvgIpc) is 2.37. The van der Waals surface area contributed by atoms with E-state index in [2.05, 4.69) is 21.2 Å². The molecule has 0 aliphatic heterocycles. The SMILES string of the molecule is CC1(O)CCC(CNc2cc(Br)ccc2[N+](=O)[O-])CC1. The van der Waals surface area contributed by atoms with Gasteiger partial charge in [0.2, 0.25) is 0 Å². The van der Waals surface area contributed by atoms with E-state index >= 15 is 0 Å². The maximum absolute atomic E-state index is 11.0. The highest BCUT2D eigenvalue weighted by Gasteiger charge is 2.28. The van der Waals surface area contributed by atoms with Crippen molar-refractivity contribution in [2.75, 3.05) is 11.9 Å². The Kier molecular flexibility index (Phi) is 4.65. The number of nitrogens with zero attached hydrogens (tertiary/aromatic N) is 1. The van der Waals surface area contributed by atoms with E-state index in [1.807, 2.05) is 6.92 Å². The molecule has 0 heterocycles. The van der Waals surface area contributed by atoms with E-state index < -0.39 is 5.60 Å². The van der Waals surface area contributed by atoms with Crippen molar-refractivity contribution in [2.45, 2.75) is 38.2 Å². The Bertz CT molecular complexity index is 495. The van der Waals surface area contributed by atoms with Gasteiger partial charge in [-0.3, -0.25) is 10.1 Å². The Morgan fingerprint density at radius 3 is 2.75 bits per heavy atom. The third-order valence-electron chi connectivity index (χ3n) is 3.92. The number of nitrogens with one attached hydrogen (secondary N) is 1. The summed E-state index contributed by atoms with van der Waals surface area (Å²) in [5.74, 6) is 0.453. The van der Waals surface area contributed by atoms with E-state index in [-0.39, 0.29) is 10.6 Å². The first-order valence-corrected chi connectivity index (χ1v) is 7.57. The first-order valence-electron chi connectivity index (χ1n) is 6.77. The van der Waals surface area contributed by atoms with Crippen LogP contribution < -0.4 is 5.32 Å². The largest absolute Gasteiger partial charge is 0.390 e. The van der Waals surface area contributed by atoms with Crippen molar-refractivity contribution in [3.8, 4) is 0 Å². The number of hydrogen-bond donors (Lipinski definition) is 2. The lowest BCUT2D eigenvalue weighted by Crippen LogP contribution is -2.32. The van der Waals surface area contributed by atoms with Crippen LogP contribution in [-0.4, -0.2) is 22.2 Å². The number of anilines is 1. The second-order valence-electron chi connectivity index (χ2n) is 5.74. The van der Waals surface area contributed by atoms with Crippen LogP contribution >= 0.6 is 15.9 Å². The highest BCUT2D eigenvalue weighted by Crippen LogP contribution is 2.33. The first-order chi connectivity index (χ1) is 9.37. The van der Waals surface area contributed by atoms with Crippen molar-refractivity contribution < 1.29 is 10.0 Å². The van der Waals surface area contributed by atoms with E-state index in [1.54, 1.807) is 12.1 Å². The second kappa shape index (κ2) is 6.10. The highest BCUT2D eigenvalue weighted by atomic mass is 79.9. The van der Waals surface area contributed by atoms with E-state index in [0.717, 1.165) is 30.2 Å². The van der Waals surface area contributed by atoms with Gasteiger partial charge in [0, 0.05) is 17.1 Å². The summed E-state index contributed by atoms with van der Waals surface area (Å²) in [5, 5.41) is 24.1. The van der Waals surface area contributed by atoms with Gasteiger partial charge in [-0.05, 0) is 50.7 Å². The smallest absolute Gasteiger partial charge is 0.292 e. The molecule has 0 atom stereocenters. The number of nitro groups is 1. The summed E-state index contributed by atoms with van der Waals surface area (Å²) in [4.78, 5) is 10.6. The van der Waals surface area contributed by atoms with Gasteiger partial charge in [-0.25, -0.2) is 0 Å². The summed E-state index contributed by atoms with van der Waals surface area (Å²) in [6.07, 6.45) is 3.48. The zero-order valence-corrected chi connectivity index (χ0v) is 13.0. The maximum atomic E-state index is 11.0. The molecule has 6 heteroatoms. The van der Waals surface area contributed by atoms with Crippen LogP contribution in [0.1, 0.15) is 32.6 Å². The summed E-state index contributed by atoms with van der Waals surface area (Å²) in [6, 6.07) is 4.90. The highest BCUT2D eigenvalue weighted by molar-refractivity contribution is 9.10. The number of aliphatic hydroxyl groups is 1. The minimum atomic E-state index is -0.543. The van der Waals surface area contributed by atoms with Crippen molar-refractivity contribution in [1.82, 2.24) is 0 Å². The molecule has 1 saturated carbocycles. The normalized spacial score (nSPS) is 26.2. The quantitative estimate of drug-likeness (QED) is 0.645. The molecular formula is C14H19BrN2O3. The Labute approximate surface area is 126 Å². The summed E-state index contributed by atoms with van der Waals surface area (Å²) < 4.78 is 0.817. The second-order valence-corrected chi connectivity index (χ2v) is 6.66. The molecule has 20 heavy (non-hydrogen) atoms. The third-order valence-corrected chi connectivity index (χ3v) is 4.41. The minimum absolute atomic E-state index is 0.0935. The van der Waals surface area contributed by atoms with E-state index in [1.165, 1.54) is 6.07 Å². The Hall–Kier alpha value is -1.14. The van der Waals surface area contributed by atoms with Gasteiger partial charge in [0.15, 0.2) is 0 Å². The summed E-state index contributed by atoms with van der Waals surface area (Å²) in [7, 11) is 0. The fourth-order valence-electron chi connectivity index (χ4n) is 2.57. The van der Waals surface area contributed by atoms with Crippen molar-refractivity contribution in [3.05, 3.63) is 32.8 Å². The molecule has 0 bridgehead atoms. The van der Waals surface area contributed by atoms with Gasteiger partial charge in [0.1, 0.15) is 5.69 Å². The fourth-order valence-corrected chi connectivity index (χ4v) is 2.93. The van der Waals surface area contributed by atoms with E-state index in [4.69, 9.17) is 0 Å². The maximum Gasteiger partial charge on any atom is 0.292 e. The minimum Gasteiger partial charge on any atom is -0.390 e. The van der Waals surface area contributed by atoms with Crippen LogP contribution in [0.3, 0.4) is 0 Å². The van der Waals surface area contributed by atoms with Crippen LogP contribution in [0.2, 0.25) is 0 Å². The number of halogens is 1. The van der Waals surface area contributed by atoms with Gasteiger partial charge >= 0.3 is 0 Å². The molecule has 0 aromatic heterocycles. The zero-order valence-electron chi connectivity index (χ0n) is 11.4. The van der Waals surface area contributed by atoms with Crippen molar-refractivity contribution in [2.24, 2.45) is 5.92 Å². The summed E-state index contributed by atoms with van der Waals surface area (Å²) in [5.41, 5.74) is 0.0934. The van der Waals surface area contributed by atoms with Crippen molar-refractivity contribution >= 4 is 27.3 Å². The molecular weight excluding hydrogens is 324 g/mol. The predicted octanol–water partition coefficient (Wildman–Crippen LogP) is 3.71. The molecule has 0 saturated heterocycles. The summed E-state index contributed by atoms with van der Waals surface area (Å²) in [6.45, 7) is 2.57. The van der Waals surface area contributed by atoms with Crippen LogP contribution in [0.4, 0.5) is 11.4 Å². The number of rotatable bonds is 4. The van der Waals surface area contributed by atoms with E-state index in [0.29, 0.717) is 18.2 Å². The third kappa shape index (κ3) is 3.93. The monoisotopic (exact) mass is 342 g/mol. The number of nitro benzene ring substituents is 1. The molecule has 2 rings (SSSR count). The average molecular weight is 343 g/mol. The molecule has 0 amide bonds. The molecule has 110 valence electrons. The van der Waals surface area contributed by atoms with Crippen LogP contribution in [0.25, 0.3) is 0 Å². The molecule has 1 aliphatic rings. The topological polar surface area (TPSA) is 75.4 Å². The van der Waals surface area contributed by atoms with Gasteiger partial charge < -0.3 is 10.4 Å². The summed E-state index contributed by atoms with van der Waals surface area (Å²) >= 11 is 3.33. The molecule has 1 aromatic rings. The van der Waals surface area contributed by atoms with Gasteiger partial charge in [-0.15, -0.1) is 0 Å². The van der Waals surface area contributed by atoms with Crippen LogP contribution in [0, 0.1) is 16.0 Å². The molecule has 0 unspecified atom stereocenters. The Balaban J connectivity index is 1.97. The van der Waals surface area contributed by atoms with Crippen molar-refractivity contribution in [1.29, 1.82) is 0 Å². The molecule has 0 spiro atoms. The Morgan fingerprint density at radius 1 is 1.50 bits per heavy atom. The predicted molar refractivity (Wildman–Crippen MR) is 81.9 cm³/mol. The van der Waals surface area contributed by atoms with Gasteiger partial charge in [0.05, 0.1) is 10.5 Å². The number of benzene rings is 1. The standard InChI is InChI=1S/C14H19BrN2O3/c1-14(18)6-4-10(5-7-14)9-16-12-8-11(15)2-3-13(12)17(19)20/h2-3,8,10,16,18H,4-7,9H2,1H3. The Morgan fingerprint density at radius 2 is 2.15 bits per heavy atom. The molecule has 1 aliphatic carbocycles. The lowest BCUT2D eigenvalue weighted by molar-refractivity contribution is -0.384. The number of hydrogen-bond acceptors (Lipinski definition) is 4. The first kappa shape index (κ1) is 15.3. The van der Waals surface area contributed by atoms with Crippen molar-refractivity contribution in [3.63, 3.8) is 0 Å². The molecule has 2 N–H and O–H groups in total. The van der Waals surface area contributed by atoms with Crippen LogP contribution in [0.15, 0.2) is 22.7 Å². The zero-order chi connectivity index (χ0) is 14.8. The van der Waals surface area contributed by atoms with Gasteiger partial charge in [0.25, 0.3) is 5.69 Å². The lowest BCUT2D eigenvalue weighted by atomic mass is 9.80. The van der Waals surface area contributed by atoms with Crippen LogP contribution in [0.5, 0.6) is 0 Å². The molecule has 5 nitrogen and oxygen atoms in total. The molecule has 1 fully saturated rings. The van der Waals surface area contributed by atoms with Gasteiger partial charge in [-0.1, -0.05) is 15.9 Å². The van der Waals surface area contributed by atoms with E-state index in [9.17, 15) is 15.2 Å². The molecule has 1 aromatic carbocycles. The fraction of sp³-hybridized carbons (Fsp3) is 0.571. The van der Waals surface area contributed by atoms with Gasteiger partial charge in [-0.2, -0.15) is 0 Å². The lowest BCUT2D eigenvalue weighted by Gasteiger charge is -2.33. The van der Waals surface area contributed by atoms with Crippen LogP contribution in [-0.2, 0) is 0 Å².